The Morgan fingerprint density at radius 1 is 1.33 bits per heavy atom. The van der Waals surface area contributed by atoms with E-state index < -0.39 is 0 Å². The molecule has 0 aliphatic carbocycles. The normalized spacial score (nSPS) is 12.4. The molecule has 0 fully saturated rings. The van der Waals surface area contributed by atoms with Gasteiger partial charge in [0.2, 0.25) is 0 Å². The summed E-state index contributed by atoms with van der Waals surface area (Å²) >= 11 is 1.48. The summed E-state index contributed by atoms with van der Waals surface area (Å²) < 4.78 is 0. The topological polar surface area (TPSA) is 71.8 Å². The second-order valence-electron chi connectivity index (χ2n) is 5.27. The van der Waals surface area contributed by atoms with E-state index in [9.17, 15) is 4.79 Å². The average molecular weight is 303 g/mol. The number of nitrogens with one attached hydrogen (secondary N) is 1. The third kappa shape index (κ3) is 4.44. The van der Waals surface area contributed by atoms with Crippen molar-refractivity contribution in [1.82, 2.24) is 9.97 Å². The first-order valence-electron chi connectivity index (χ1n) is 7.09. The second-order valence-corrected chi connectivity index (χ2v) is 6.30. The minimum Gasteiger partial charge on any atom is -0.327 e. The highest BCUT2D eigenvalue weighted by Gasteiger charge is 2.07. The van der Waals surface area contributed by atoms with E-state index in [1.54, 1.807) is 0 Å². The lowest BCUT2D eigenvalue weighted by Gasteiger charge is -2.11. The Kier molecular flexibility index (Phi) is 5.20. The molecule has 1 atom stereocenters. The van der Waals surface area contributed by atoms with Crippen molar-refractivity contribution in [2.45, 2.75) is 49.7 Å². The Bertz CT molecular complexity index is 681. The van der Waals surface area contributed by atoms with Crippen LogP contribution in [0.1, 0.15) is 30.2 Å². The molecule has 4 nitrogen and oxygen atoms in total. The van der Waals surface area contributed by atoms with Crippen molar-refractivity contribution in [3.05, 3.63) is 51.4 Å². The number of nitrogens with two attached hydrogens (primary N) is 1. The van der Waals surface area contributed by atoms with E-state index in [1.165, 1.54) is 29.0 Å². The van der Waals surface area contributed by atoms with Gasteiger partial charge in [-0.3, -0.25) is 4.79 Å². The van der Waals surface area contributed by atoms with Crippen LogP contribution in [0.2, 0.25) is 0 Å². The zero-order valence-electron chi connectivity index (χ0n) is 12.6. The predicted octanol–water partition coefficient (Wildman–Crippen LogP) is 2.82. The smallest absolute Gasteiger partial charge is 0.251 e. The first kappa shape index (κ1) is 15.8. The second kappa shape index (κ2) is 6.91. The molecular formula is C16H21N3OS. The molecule has 0 amide bonds. The summed E-state index contributed by atoms with van der Waals surface area (Å²) in [4.78, 5) is 19.7. The Morgan fingerprint density at radius 2 is 2.10 bits per heavy atom. The van der Waals surface area contributed by atoms with Crippen LogP contribution in [0.4, 0.5) is 0 Å². The van der Waals surface area contributed by atoms with Gasteiger partial charge in [0.05, 0.1) is 0 Å². The molecular weight excluding hydrogens is 282 g/mol. The molecule has 1 heterocycles. The van der Waals surface area contributed by atoms with Crippen molar-refractivity contribution in [1.29, 1.82) is 0 Å². The fourth-order valence-corrected chi connectivity index (χ4v) is 3.01. The number of benzene rings is 1. The zero-order valence-corrected chi connectivity index (χ0v) is 13.5. The summed E-state index contributed by atoms with van der Waals surface area (Å²) in [5.41, 5.74) is 9.02. The van der Waals surface area contributed by atoms with Gasteiger partial charge >= 0.3 is 0 Å². The molecule has 2 rings (SSSR count). The Hall–Kier alpha value is -1.59. The molecule has 0 saturated heterocycles. The first-order chi connectivity index (χ1) is 9.97. The Labute approximate surface area is 129 Å². The van der Waals surface area contributed by atoms with Crippen LogP contribution in [0.25, 0.3) is 0 Å². The summed E-state index contributed by atoms with van der Waals surface area (Å²) in [6.45, 7) is 5.99. The summed E-state index contributed by atoms with van der Waals surface area (Å²) in [6.07, 6.45) is 1.87. The van der Waals surface area contributed by atoms with Gasteiger partial charge in [0, 0.05) is 22.7 Å². The molecule has 0 aliphatic rings. The van der Waals surface area contributed by atoms with Crippen LogP contribution >= 0.6 is 11.8 Å². The van der Waals surface area contributed by atoms with Gasteiger partial charge in [0.15, 0.2) is 5.16 Å². The van der Waals surface area contributed by atoms with E-state index in [0.717, 1.165) is 23.4 Å². The lowest BCUT2D eigenvalue weighted by atomic mass is 10.0. The van der Waals surface area contributed by atoms with Gasteiger partial charge in [-0.25, -0.2) is 4.98 Å². The third-order valence-electron chi connectivity index (χ3n) is 3.32. The van der Waals surface area contributed by atoms with Gasteiger partial charge in [0.25, 0.3) is 5.56 Å². The maximum absolute atomic E-state index is 11.5. The quantitative estimate of drug-likeness (QED) is 0.833. The van der Waals surface area contributed by atoms with Gasteiger partial charge in [-0.1, -0.05) is 30.8 Å². The largest absolute Gasteiger partial charge is 0.327 e. The fraction of sp³-hybridized carbons (Fsp3) is 0.375. The molecule has 1 aromatic carbocycles. The third-order valence-corrected chi connectivity index (χ3v) is 4.38. The maximum Gasteiger partial charge on any atom is 0.251 e. The van der Waals surface area contributed by atoms with Crippen LogP contribution in [-0.4, -0.2) is 16.0 Å². The van der Waals surface area contributed by atoms with Gasteiger partial charge in [-0.2, -0.15) is 0 Å². The monoisotopic (exact) mass is 303 g/mol. The lowest BCUT2D eigenvalue weighted by molar-refractivity contribution is 0.646. The molecule has 112 valence electrons. The summed E-state index contributed by atoms with van der Waals surface area (Å²) in [5.74, 6) is 0. The lowest BCUT2D eigenvalue weighted by Crippen LogP contribution is -2.21. The molecule has 3 N–H and O–H groups in total. The predicted molar refractivity (Wildman–Crippen MR) is 86.9 cm³/mol. The number of H-pyrrole nitrogens is 1. The zero-order chi connectivity index (χ0) is 15.4. The van der Waals surface area contributed by atoms with Gasteiger partial charge in [-0.05, 0) is 43.9 Å². The van der Waals surface area contributed by atoms with E-state index >= 15 is 0 Å². The van der Waals surface area contributed by atoms with Gasteiger partial charge < -0.3 is 10.7 Å². The number of rotatable bonds is 5. The molecule has 21 heavy (non-hydrogen) atoms. The number of aryl methyl sites for hydroxylation is 2. The van der Waals surface area contributed by atoms with Crippen molar-refractivity contribution in [3.8, 4) is 0 Å². The van der Waals surface area contributed by atoms with E-state index in [4.69, 9.17) is 5.73 Å². The minimum atomic E-state index is -0.117. The molecule has 1 unspecified atom stereocenters. The number of nitrogens with zero attached hydrogens (tertiary/aromatic N) is 1. The van der Waals surface area contributed by atoms with Crippen molar-refractivity contribution >= 4 is 11.8 Å². The van der Waals surface area contributed by atoms with Crippen LogP contribution in [0, 0.1) is 13.8 Å². The van der Waals surface area contributed by atoms with Crippen LogP contribution < -0.4 is 11.3 Å². The fourth-order valence-electron chi connectivity index (χ4n) is 2.10. The van der Waals surface area contributed by atoms with E-state index in [1.807, 2.05) is 6.92 Å². The van der Waals surface area contributed by atoms with Gasteiger partial charge in [-0.15, -0.1) is 0 Å². The van der Waals surface area contributed by atoms with Crippen LogP contribution in [0.3, 0.4) is 0 Å². The van der Waals surface area contributed by atoms with Gasteiger partial charge in [0.1, 0.15) is 0 Å². The molecule has 5 heteroatoms. The molecule has 0 spiro atoms. The average Bonchev–Trinajstić information content (AvgIpc) is 2.40. The highest BCUT2D eigenvalue weighted by atomic mass is 32.2. The molecule has 1 aromatic heterocycles. The number of aromatic amines is 1. The van der Waals surface area contributed by atoms with Crippen molar-refractivity contribution in [2.24, 2.45) is 5.73 Å². The number of hydrogen-bond donors (Lipinski definition) is 2. The van der Waals surface area contributed by atoms with E-state index in [2.05, 4.69) is 42.0 Å². The molecule has 0 saturated carbocycles. The van der Waals surface area contributed by atoms with E-state index in [0.29, 0.717) is 5.16 Å². The highest BCUT2D eigenvalue weighted by Crippen LogP contribution is 2.28. The van der Waals surface area contributed by atoms with E-state index in [-0.39, 0.29) is 11.6 Å². The highest BCUT2D eigenvalue weighted by molar-refractivity contribution is 7.99. The van der Waals surface area contributed by atoms with Crippen LogP contribution in [0.5, 0.6) is 0 Å². The molecule has 0 bridgehead atoms. The number of aromatic nitrogens is 2. The Morgan fingerprint density at radius 3 is 2.71 bits per heavy atom. The molecule has 0 aliphatic heterocycles. The molecule has 2 aromatic rings. The van der Waals surface area contributed by atoms with Crippen molar-refractivity contribution in [2.75, 3.05) is 0 Å². The standard InChI is InChI=1S/C16H21N3OS/c1-4-13(17)9-12-5-6-14(10(2)7-12)21-16-18-11(3)8-15(20)19-16/h5-8,13H,4,9,17H2,1-3H3,(H,18,19,20). The van der Waals surface area contributed by atoms with Crippen molar-refractivity contribution < 1.29 is 0 Å². The summed E-state index contributed by atoms with van der Waals surface area (Å²) in [7, 11) is 0. The first-order valence-corrected chi connectivity index (χ1v) is 7.90. The maximum atomic E-state index is 11.5. The van der Waals surface area contributed by atoms with Crippen molar-refractivity contribution in [3.63, 3.8) is 0 Å². The summed E-state index contributed by atoms with van der Waals surface area (Å²) in [6, 6.07) is 8.02. The minimum absolute atomic E-state index is 0.117. The SMILES string of the molecule is CCC(N)Cc1ccc(Sc2nc(C)cc(=O)[nH]2)c(C)c1. The van der Waals surface area contributed by atoms with Crippen LogP contribution in [0.15, 0.2) is 39.1 Å². The number of hydrogen-bond acceptors (Lipinski definition) is 4. The molecule has 0 radical (unpaired) electrons. The van der Waals surface area contributed by atoms with Crippen LogP contribution in [-0.2, 0) is 6.42 Å². The summed E-state index contributed by atoms with van der Waals surface area (Å²) in [5, 5.41) is 0.626. The Balaban J connectivity index is 2.19.